The fourth-order valence-electron chi connectivity index (χ4n) is 1.82. The molecule has 0 unspecified atom stereocenters. The van der Waals surface area contributed by atoms with Crippen LogP contribution in [0.4, 0.5) is 19.3 Å². The molecule has 0 radical (unpaired) electrons. The van der Waals surface area contributed by atoms with Crippen LogP contribution in [0.3, 0.4) is 0 Å². The molecule has 0 heterocycles. The number of nitrogens with one attached hydrogen (secondary N) is 2. The van der Waals surface area contributed by atoms with E-state index in [2.05, 4.69) is 31.3 Å². The van der Waals surface area contributed by atoms with E-state index in [0.29, 0.717) is 5.69 Å². The van der Waals surface area contributed by atoms with Gasteiger partial charge in [0.05, 0.1) is 0 Å². The number of anilines is 1. The average Bonchev–Trinajstić information content (AvgIpc) is 2.50. The summed E-state index contributed by atoms with van der Waals surface area (Å²) in [7, 11) is 0. The standard InChI is InChI=1S/C16H15BrF2N2O2/c1-10-2-5-12(8-14(10)17)21-16(22)20-9-11-3-6-13(7-4-11)23-15(18)19/h2-8,15H,9H2,1H3,(H2,20,21,22). The van der Waals surface area contributed by atoms with Crippen molar-refractivity contribution in [1.82, 2.24) is 5.32 Å². The van der Waals surface area contributed by atoms with Crippen molar-refractivity contribution in [2.75, 3.05) is 5.32 Å². The molecule has 23 heavy (non-hydrogen) atoms. The predicted molar refractivity (Wildman–Crippen MR) is 87.8 cm³/mol. The number of urea groups is 1. The molecule has 2 amide bonds. The number of benzene rings is 2. The van der Waals surface area contributed by atoms with Gasteiger partial charge < -0.3 is 15.4 Å². The summed E-state index contributed by atoms with van der Waals surface area (Å²) in [5.74, 6) is 0.0812. The topological polar surface area (TPSA) is 50.4 Å². The van der Waals surface area contributed by atoms with Crippen LogP contribution in [0, 0.1) is 6.92 Å². The highest BCUT2D eigenvalue weighted by Gasteiger charge is 2.05. The van der Waals surface area contributed by atoms with E-state index in [9.17, 15) is 13.6 Å². The molecule has 0 bridgehead atoms. The molecule has 7 heteroatoms. The lowest BCUT2D eigenvalue weighted by Gasteiger charge is -2.09. The normalized spacial score (nSPS) is 10.5. The van der Waals surface area contributed by atoms with Crippen molar-refractivity contribution in [1.29, 1.82) is 0 Å². The van der Waals surface area contributed by atoms with E-state index >= 15 is 0 Å². The van der Waals surface area contributed by atoms with Crippen molar-refractivity contribution < 1.29 is 18.3 Å². The van der Waals surface area contributed by atoms with Gasteiger partial charge in [-0.15, -0.1) is 0 Å². The number of rotatable bonds is 5. The molecule has 0 saturated heterocycles. The van der Waals surface area contributed by atoms with Crippen LogP contribution < -0.4 is 15.4 Å². The van der Waals surface area contributed by atoms with Crippen LogP contribution >= 0.6 is 15.9 Å². The van der Waals surface area contributed by atoms with Gasteiger partial charge in [0.2, 0.25) is 0 Å². The molecule has 4 nitrogen and oxygen atoms in total. The third-order valence-electron chi connectivity index (χ3n) is 3.03. The third kappa shape index (κ3) is 5.52. The van der Waals surface area contributed by atoms with E-state index < -0.39 is 6.61 Å². The molecule has 2 rings (SSSR count). The molecule has 0 aliphatic carbocycles. The van der Waals surface area contributed by atoms with Crippen LogP contribution in [0.1, 0.15) is 11.1 Å². The largest absolute Gasteiger partial charge is 0.435 e. The monoisotopic (exact) mass is 384 g/mol. The van der Waals surface area contributed by atoms with E-state index in [1.54, 1.807) is 18.2 Å². The number of amides is 2. The predicted octanol–water partition coefficient (Wildman–Crippen LogP) is 4.68. The summed E-state index contributed by atoms with van der Waals surface area (Å²) in [6.07, 6.45) is 0. The lowest BCUT2D eigenvalue weighted by Crippen LogP contribution is -2.28. The van der Waals surface area contributed by atoms with Crippen LogP contribution in [0.15, 0.2) is 46.9 Å². The minimum absolute atomic E-state index is 0.0812. The van der Waals surface area contributed by atoms with Crippen LogP contribution in [0.5, 0.6) is 5.75 Å². The van der Waals surface area contributed by atoms with Crippen LogP contribution in [0.25, 0.3) is 0 Å². The van der Waals surface area contributed by atoms with Gasteiger partial charge in [0.15, 0.2) is 0 Å². The molecular formula is C16H15BrF2N2O2. The second-order valence-corrected chi connectivity index (χ2v) is 5.65. The summed E-state index contributed by atoms with van der Waals surface area (Å²) in [6.45, 7) is -0.623. The van der Waals surface area contributed by atoms with Gasteiger partial charge in [0.1, 0.15) is 5.75 Å². The average molecular weight is 385 g/mol. The van der Waals surface area contributed by atoms with Gasteiger partial charge in [0, 0.05) is 16.7 Å². The molecule has 122 valence electrons. The quantitative estimate of drug-likeness (QED) is 0.785. The highest BCUT2D eigenvalue weighted by atomic mass is 79.9. The van der Waals surface area contributed by atoms with Gasteiger partial charge in [-0.3, -0.25) is 0 Å². The van der Waals surface area contributed by atoms with Gasteiger partial charge >= 0.3 is 12.6 Å². The van der Waals surface area contributed by atoms with E-state index in [4.69, 9.17) is 0 Å². The van der Waals surface area contributed by atoms with Crippen molar-refractivity contribution in [2.24, 2.45) is 0 Å². The van der Waals surface area contributed by atoms with E-state index in [-0.39, 0.29) is 18.3 Å². The molecule has 0 fully saturated rings. The molecule has 0 aliphatic heterocycles. The SMILES string of the molecule is Cc1ccc(NC(=O)NCc2ccc(OC(F)F)cc2)cc1Br. The smallest absolute Gasteiger partial charge is 0.387 e. The van der Waals surface area contributed by atoms with Crippen LogP contribution in [0.2, 0.25) is 0 Å². The number of ether oxygens (including phenoxy) is 1. The molecule has 0 spiro atoms. The van der Waals surface area contributed by atoms with Gasteiger partial charge in [-0.05, 0) is 42.3 Å². The minimum Gasteiger partial charge on any atom is -0.435 e. The first-order chi connectivity index (χ1) is 10.9. The Hall–Kier alpha value is -2.15. The molecule has 2 N–H and O–H groups in total. The number of hydrogen-bond donors (Lipinski definition) is 2. The van der Waals surface area contributed by atoms with Gasteiger partial charge in [-0.25, -0.2) is 4.79 Å². The van der Waals surface area contributed by atoms with Crippen molar-refractivity contribution in [3.05, 3.63) is 58.1 Å². The Morgan fingerprint density at radius 3 is 2.52 bits per heavy atom. The van der Waals surface area contributed by atoms with Crippen molar-refractivity contribution in [3.8, 4) is 5.75 Å². The second-order valence-electron chi connectivity index (χ2n) is 4.79. The zero-order chi connectivity index (χ0) is 16.8. The Kier molecular flexibility index (Phi) is 5.92. The molecule has 2 aromatic rings. The number of alkyl halides is 2. The first-order valence-electron chi connectivity index (χ1n) is 6.79. The number of halogens is 3. The summed E-state index contributed by atoms with van der Waals surface area (Å²) in [6, 6.07) is 11.2. The molecular weight excluding hydrogens is 370 g/mol. The minimum atomic E-state index is -2.85. The molecule has 0 atom stereocenters. The number of hydrogen-bond acceptors (Lipinski definition) is 2. The summed E-state index contributed by atoms with van der Waals surface area (Å²) >= 11 is 3.40. The van der Waals surface area contributed by atoms with Crippen LogP contribution in [-0.2, 0) is 6.54 Å². The molecule has 0 aromatic heterocycles. The lowest BCUT2D eigenvalue weighted by atomic mass is 10.2. The van der Waals surface area contributed by atoms with E-state index in [0.717, 1.165) is 15.6 Å². The summed E-state index contributed by atoms with van der Waals surface area (Å²) in [4.78, 5) is 11.8. The zero-order valence-corrected chi connectivity index (χ0v) is 13.9. The van der Waals surface area contributed by atoms with Gasteiger partial charge in [-0.1, -0.05) is 34.1 Å². The highest BCUT2D eigenvalue weighted by Crippen LogP contribution is 2.20. The number of carbonyl (C=O) groups excluding carboxylic acids is 1. The zero-order valence-electron chi connectivity index (χ0n) is 12.3. The maximum Gasteiger partial charge on any atom is 0.387 e. The first-order valence-corrected chi connectivity index (χ1v) is 7.58. The second kappa shape index (κ2) is 7.92. The fraction of sp³-hybridized carbons (Fsp3) is 0.188. The Morgan fingerprint density at radius 2 is 1.91 bits per heavy atom. The maximum absolute atomic E-state index is 12.0. The molecule has 2 aromatic carbocycles. The highest BCUT2D eigenvalue weighted by molar-refractivity contribution is 9.10. The Balaban J connectivity index is 1.85. The maximum atomic E-state index is 12.0. The van der Waals surface area contributed by atoms with Crippen LogP contribution in [-0.4, -0.2) is 12.6 Å². The summed E-state index contributed by atoms with van der Waals surface area (Å²) < 4.78 is 29.3. The third-order valence-corrected chi connectivity index (χ3v) is 3.89. The number of carbonyl (C=O) groups is 1. The van der Waals surface area contributed by atoms with E-state index in [1.807, 2.05) is 19.1 Å². The molecule has 0 aliphatic rings. The van der Waals surface area contributed by atoms with Gasteiger partial charge in [-0.2, -0.15) is 8.78 Å². The van der Waals surface area contributed by atoms with Crippen molar-refractivity contribution >= 4 is 27.6 Å². The first kappa shape index (κ1) is 17.2. The summed E-state index contributed by atoms with van der Waals surface area (Å²) in [5, 5.41) is 5.40. The Labute approximate surface area is 141 Å². The van der Waals surface area contributed by atoms with Crippen molar-refractivity contribution in [3.63, 3.8) is 0 Å². The number of aryl methyl sites for hydroxylation is 1. The van der Waals surface area contributed by atoms with E-state index in [1.165, 1.54) is 12.1 Å². The summed E-state index contributed by atoms with van der Waals surface area (Å²) in [5.41, 5.74) is 2.51. The lowest BCUT2D eigenvalue weighted by molar-refractivity contribution is -0.0498. The molecule has 0 saturated carbocycles. The van der Waals surface area contributed by atoms with Crippen molar-refractivity contribution in [2.45, 2.75) is 20.1 Å². The Morgan fingerprint density at radius 1 is 1.22 bits per heavy atom. The fourth-order valence-corrected chi connectivity index (χ4v) is 2.20. The Bertz CT molecular complexity index is 678. The van der Waals surface area contributed by atoms with Gasteiger partial charge in [0.25, 0.3) is 0 Å².